The zero-order chi connectivity index (χ0) is 11.0. The van der Waals surface area contributed by atoms with Gasteiger partial charge in [0.25, 0.3) is 0 Å². The highest BCUT2D eigenvalue weighted by Gasteiger charge is 2.19. The molecule has 0 aliphatic carbocycles. The molecular weight excluding hydrogens is 216 g/mol. The fourth-order valence-corrected chi connectivity index (χ4v) is 1.94. The van der Waals surface area contributed by atoms with E-state index in [1.165, 1.54) is 22.5 Å². The number of aryl methyl sites for hydroxylation is 1. The van der Waals surface area contributed by atoms with Crippen LogP contribution < -0.4 is 0 Å². The van der Waals surface area contributed by atoms with Gasteiger partial charge >= 0.3 is 5.97 Å². The maximum Gasteiger partial charge on any atom is 0.339 e. The first-order valence-electron chi connectivity index (χ1n) is 4.18. The van der Waals surface area contributed by atoms with Crippen LogP contribution in [0.4, 0.5) is 0 Å². The summed E-state index contributed by atoms with van der Waals surface area (Å²) in [6, 6.07) is 0. The summed E-state index contributed by atoms with van der Waals surface area (Å²) in [4.78, 5) is 14.9. The lowest BCUT2D eigenvalue weighted by molar-refractivity contribution is 0.0695. The normalized spacial score (nSPS) is 10.5. The Kier molecular flexibility index (Phi) is 2.24. The second-order valence-electron chi connectivity index (χ2n) is 2.99. The van der Waals surface area contributed by atoms with E-state index in [1.807, 2.05) is 0 Å². The Morgan fingerprint density at radius 3 is 2.73 bits per heavy atom. The number of hydrogen-bond donors (Lipinski definition) is 1. The van der Waals surface area contributed by atoms with E-state index < -0.39 is 5.97 Å². The Bertz CT molecular complexity index is 503. The second-order valence-corrected chi connectivity index (χ2v) is 3.75. The first-order valence-corrected chi connectivity index (χ1v) is 4.95. The zero-order valence-electron chi connectivity index (χ0n) is 8.13. The van der Waals surface area contributed by atoms with Crippen molar-refractivity contribution < 1.29 is 9.90 Å². The lowest BCUT2D eigenvalue weighted by atomic mass is 10.2. The quantitative estimate of drug-likeness (QED) is 0.824. The molecule has 0 bridgehead atoms. The van der Waals surface area contributed by atoms with Crippen LogP contribution in [0.15, 0.2) is 6.33 Å². The summed E-state index contributed by atoms with van der Waals surface area (Å²) in [7, 11) is 0. The van der Waals surface area contributed by atoms with E-state index in [9.17, 15) is 4.79 Å². The predicted molar refractivity (Wildman–Crippen MR) is 53.5 cm³/mol. The monoisotopic (exact) mass is 224 g/mol. The molecule has 0 radical (unpaired) electrons. The third-order valence-electron chi connectivity index (χ3n) is 2.04. The number of carboxylic acids is 1. The van der Waals surface area contributed by atoms with Crippen LogP contribution in [-0.2, 0) is 0 Å². The van der Waals surface area contributed by atoms with E-state index in [4.69, 9.17) is 5.11 Å². The summed E-state index contributed by atoms with van der Waals surface area (Å²) in [6.07, 6.45) is 1.41. The summed E-state index contributed by atoms with van der Waals surface area (Å²) in [5.41, 5.74) is 1.28. The maximum atomic E-state index is 10.9. The van der Waals surface area contributed by atoms with E-state index in [1.54, 1.807) is 13.8 Å². The summed E-state index contributed by atoms with van der Waals surface area (Å²) in [6.45, 7) is 3.36. The van der Waals surface area contributed by atoms with Gasteiger partial charge in [0, 0.05) is 11.5 Å². The maximum absolute atomic E-state index is 10.9. The second kappa shape index (κ2) is 3.43. The molecule has 0 saturated carbocycles. The Balaban J connectivity index is 2.61. The molecule has 0 saturated heterocycles. The van der Waals surface area contributed by atoms with E-state index >= 15 is 0 Å². The van der Waals surface area contributed by atoms with E-state index in [0.29, 0.717) is 16.5 Å². The number of carbonyl (C=O) groups is 1. The molecule has 0 fully saturated rings. The molecule has 2 rings (SSSR count). The molecule has 2 heterocycles. The molecular formula is C8H8N4O2S. The third-order valence-corrected chi connectivity index (χ3v) is 2.68. The van der Waals surface area contributed by atoms with Gasteiger partial charge in [-0.15, -0.1) is 0 Å². The molecule has 2 aromatic rings. The molecule has 6 nitrogen and oxygen atoms in total. The summed E-state index contributed by atoms with van der Waals surface area (Å²) in [5, 5.41) is 13.7. The van der Waals surface area contributed by atoms with Gasteiger partial charge < -0.3 is 5.11 Å². The predicted octanol–water partition coefficient (Wildman–Crippen LogP) is 1.04. The molecule has 0 atom stereocenters. The minimum Gasteiger partial charge on any atom is -0.478 e. The number of nitrogens with zero attached hydrogens (tertiary/aromatic N) is 4. The fraction of sp³-hybridized carbons (Fsp3) is 0.250. The Labute approximate surface area is 89.4 Å². The highest BCUT2D eigenvalue weighted by atomic mass is 32.1. The Morgan fingerprint density at radius 1 is 1.53 bits per heavy atom. The van der Waals surface area contributed by atoms with Crippen LogP contribution in [-0.4, -0.2) is 30.2 Å². The van der Waals surface area contributed by atoms with E-state index in [0.717, 1.165) is 0 Å². The fourth-order valence-electron chi connectivity index (χ4n) is 1.40. The van der Waals surface area contributed by atoms with Crippen LogP contribution in [0.2, 0.25) is 0 Å². The van der Waals surface area contributed by atoms with Crippen LogP contribution in [0.25, 0.3) is 5.13 Å². The minimum absolute atomic E-state index is 0.227. The van der Waals surface area contributed by atoms with Gasteiger partial charge in [0.2, 0.25) is 5.13 Å². The standard InChI is InChI=1S/C8H8N4O2S/c1-4-6(7(13)14)5(2)12(11-4)8-9-3-10-15-8/h3H,1-2H3,(H,13,14). The first kappa shape index (κ1) is 9.78. The van der Waals surface area contributed by atoms with Crippen molar-refractivity contribution in [2.45, 2.75) is 13.8 Å². The number of rotatable bonds is 2. The van der Waals surface area contributed by atoms with Crippen LogP contribution in [0.3, 0.4) is 0 Å². The van der Waals surface area contributed by atoms with Gasteiger partial charge in [-0.25, -0.2) is 14.5 Å². The van der Waals surface area contributed by atoms with Crippen molar-refractivity contribution in [2.75, 3.05) is 0 Å². The molecule has 0 aromatic carbocycles. The van der Waals surface area contributed by atoms with Crippen molar-refractivity contribution in [3.05, 3.63) is 23.3 Å². The molecule has 0 amide bonds. The van der Waals surface area contributed by atoms with E-state index in [-0.39, 0.29) is 5.56 Å². The molecule has 7 heteroatoms. The number of hydrogen-bond acceptors (Lipinski definition) is 5. The molecule has 0 aliphatic heterocycles. The molecule has 0 unspecified atom stereocenters. The van der Waals surface area contributed by atoms with Crippen LogP contribution in [0.1, 0.15) is 21.7 Å². The third kappa shape index (κ3) is 1.50. The first-order chi connectivity index (χ1) is 7.11. The average molecular weight is 224 g/mol. The summed E-state index contributed by atoms with van der Waals surface area (Å²) in [5.74, 6) is -0.972. The van der Waals surface area contributed by atoms with Gasteiger partial charge in [0.15, 0.2) is 0 Å². The molecule has 2 aromatic heterocycles. The van der Waals surface area contributed by atoms with Crippen molar-refractivity contribution in [3.8, 4) is 5.13 Å². The van der Waals surface area contributed by atoms with Gasteiger partial charge in [-0.2, -0.15) is 9.47 Å². The van der Waals surface area contributed by atoms with Crippen molar-refractivity contribution in [3.63, 3.8) is 0 Å². The minimum atomic E-state index is -0.972. The lowest BCUT2D eigenvalue weighted by Gasteiger charge is -1.97. The molecule has 1 N–H and O–H groups in total. The average Bonchev–Trinajstić information content (AvgIpc) is 2.72. The molecule has 15 heavy (non-hydrogen) atoms. The summed E-state index contributed by atoms with van der Waals surface area (Å²) >= 11 is 1.17. The topological polar surface area (TPSA) is 80.9 Å². The van der Waals surface area contributed by atoms with Crippen molar-refractivity contribution in [1.82, 2.24) is 19.1 Å². The van der Waals surface area contributed by atoms with Crippen LogP contribution in [0, 0.1) is 13.8 Å². The highest BCUT2D eigenvalue weighted by Crippen LogP contribution is 2.17. The van der Waals surface area contributed by atoms with Crippen molar-refractivity contribution in [2.24, 2.45) is 0 Å². The number of aromatic nitrogens is 4. The van der Waals surface area contributed by atoms with Gasteiger partial charge in [0.1, 0.15) is 11.9 Å². The van der Waals surface area contributed by atoms with Crippen molar-refractivity contribution in [1.29, 1.82) is 0 Å². The molecule has 78 valence electrons. The molecule has 0 spiro atoms. The van der Waals surface area contributed by atoms with Crippen molar-refractivity contribution >= 4 is 17.5 Å². The lowest BCUT2D eigenvalue weighted by Crippen LogP contribution is -2.02. The Morgan fingerprint density at radius 2 is 2.27 bits per heavy atom. The SMILES string of the molecule is Cc1nn(-c2ncns2)c(C)c1C(=O)O. The molecule has 0 aliphatic rings. The highest BCUT2D eigenvalue weighted by molar-refractivity contribution is 7.07. The van der Waals surface area contributed by atoms with Gasteiger partial charge in [-0.1, -0.05) is 0 Å². The Hall–Kier alpha value is -1.76. The van der Waals surface area contributed by atoms with Gasteiger partial charge in [-0.05, 0) is 13.8 Å². The smallest absolute Gasteiger partial charge is 0.339 e. The summed E-state index contributed by atoms with van der Waals surface area (Å²) < 4.78 is 5.34. The number of carboxylic acid groups (broad SMARTS) is 1. The number of aromatic carboxylic acids is 1. The zero-order valence-corrected chi connectivity index (χ0v) is 8.95. The van der Waals surface area contributed by atoms with E-state index in [2.05, 4.69) is 14.5 Å². The van der Waals surface area contributed by atoms with Crippen LogP contribution in [0.5, 0.6) is 0 Å². The van der Waals surface area contributed by atoms with Gasteiger partial charge in [0.05, 0.1) is 11.4 Å². The van der Waals surface area contributed by atoms with Gasteiger partial charge in [-0.3, -0.25) is 0 Å². The van der Waals surface area contributed by atoms with Crippen LogP contribution >= 0.6 is 11.5 Å². The largest absolute Gasteiger partial charge is 0.478 e.